The van der Waals surface area contributed by atoms with Crippen LogP contribution in [-0.2, 0) is 16.0 Å². The van der Waals surface area contributed by atoms with Crippen LogP contribution in [0, 0.1) is 0 Å². The molecular formula is C15H20ClNO5. The van der Waals surface area contributed by atoms with Crippen molar-refractivity contribution < 1.29 is 24.5 Å². The highest BCUT2D eigenvalue weighted by Crippen LogP contribution is 2.26. The van der Waals surface area contributed by atoms with Gasteiger partial charge in [0, 0.05) is 6.42 Å². The van der Waals surface area contributed by atoms with E-state index in [2.05, 4.69) is 5.32 Å². The smallest absolute Gasteiger partial charge is 0.412 e. The molecule has 22 heavy (non-hydrogen) atoms. The number of aliphatic hydroxyl groups is 1. The molecule has 0 saturated carbocycles. The number of amides is 1. The molecule has 1 aromatic carbocycles. The highest BCUT2D eigenvalue weighted by Gasteiger charge is 2.30. The Morgan fingerprint density at radius 3 is 2.36 bits per heavy atom. The van der Waals surface area contributed by atoms with Crippen LogP contribution in [0.4, 0.5) is 10.5 Å². The second-order valence-electron chi connectivity index (χ2n) is 6.20. The third-order valence-electron chi connectivity index (χ3n) is 2.68. The van der Waals surface area contributed by atoms with Gasteiger partial charge in [0.25, 0.3) is 0 Å². The number of hydrogen-bond acceptors (Lipinski definition) is 4. The predicted molar refractivity (Wildman–Crippen MR) is 83.3 cm³/mol. The van der Waals surface area contributed by atoms with E-state index >= 15 is 0 Å². The van der Waals surface area contributed by atoms with Crippen molar-refractivity contribution in [2.45, 2.75) is 45.3 Å². The van der Waals surface area contributed by atoms with Crippen molar-refractivity contribution in [2.75, 3.05) is 5.32 Å². The van der Waals surface area contributed by atoms with Gasteiger partial charge in [0.2, 0.25) is 0 Å². The fourth-order valence-corrected chi connectivity index (χ4v) is 1.83. The number of carbonyl (C=O) groups is 2. The average Bonchev–Trinajstić information content (AvgIpc) is 2.30. The summed E-state index contributed by atoms with van der Waals surface area (Å²) in [5, 5.41) is 21.5. The molecule has 7 heteroatoms. The minimum absolute atomic E-state index is 0.123. The van der Waals surface area contributed by atoms with E-state index in [0.29, 0.717) is 5.56 Å². The van der Waals surface area contributed by atoms with E-state index in [4.69, 9.17) is 21.4 Å². The Balaban J connectivity index is 2.91. The Hall–Kier alpha value is -1.79. The topological polar surface area (TPSA) is 95.9 Å². The molecule has 1 atom stereocenters. The van der Waals surface area contributed by atoms with Gasteiger partial charge in [-0.25, -0.2) is 9.59 Å². The fraction of sp³-hybridized carbons (Fsp3) is 0.467. The first-order chi connectivity index (χ1) is 9.90. The number of halogens is 1. The molecular weight excluding hydrogens is 310 g/mol. The first-order valence-electron chi connectivity index (χ1n) is 6.65. The van der Waals surface area contributed by atoms with Crippen LogP contribution in [0.15, 0.2) is 18.2 Å². The van der Waals surface area contributed by atoms with E-state index in [1.807, 2.05) is 0 Å². The molecule has 1 rings (SSSR count). The van der Waals surface area contributed by atoms with Gasteiger partial charge in [0.15, 0.2) is 5.60 Å². The lowest BCUT2D eigenvalue weighted by molar-refractivity contribution is -0.156. The minimum Gasteiger partial charge on any atom is -0.479 e. The summed E-state index contributed by atoms with van der Waals surface area (Å²) in [5.41, 5.74) is -1.75. The van der Waals surface area contributed by atoms with Crippen LogP contribution >= 0.6 is 11.6 Å². The predicted octanol–water partition coefficient (Wildman–Crippen LogP) is 3.07. The molecule has 1 unspecified atom stereocenters. The van der Waals surface area contributed by atoms with Crippen LogP contribution in [0.25, 0.3) is 0 Å². The van der Waals surface area contributed by atoms with Crippen molar-refractivity contribution in [1.82, 2.24) is 0 Å². The Kier molecular flexibility index (Phi) is 5.43. The van der Waals surface area contributed by atoms with Crippen LogP contribution in [0.3, 0.4) is 0 Å². The lowest BCUT2D eigenvalue weighted by Crippen LogP contribution is -2.37. The highest BCUT2D eigenvalue weighted by molar-refractivity contribution is 6.33. The molecule has 6 nitrogen and oxygen atoms in total. The number of benzene rings is 1. The fourth-order valence-electron chi connectivity index (χ4n) is 1.66. The maximum Gasteiger partial charge on any atom is 0.412 e. The van der Waals surface area contributed by atoms with Crippen molar-refractivity contribution >= 4 is 29.4 Å². The first kappa shape index (κ1) is 18.3. The van der Waals surface area contributed by atoms with E-state index in [1.54, 1.807) is 26.8 Å². The number of hydrogen-bond donors (Lipinski definition) is 3. The third-order valence-corrected chi connectivity index (χ3v) is 3.01. The van der Waals surface area contributed by atoms with Gasteiger partial charge in [0.1, 0.15) is 5.60 Å². The molecule has 0 aromatic heterocycles. The van der Waals surface area contributed by atoms with Crippen molar-refractivity contribution in [3.05, 3.63) is 28.8 Å². The SMILES string of the molecule is CC(C)(C)OC(=O)Nc1cc(CC(C)(O)C(=O)O)ccc1Cl. The van der Waals surface area contributed by atoms with Crippen LogP contribution < -0.4 is 5.32 Å². The summed E-state index contributed by atoms with van der Waals surface area (Å²) >= 11 is 6.00. The molecule has 0 radical (unpaired) electrons. The van der Waals surface area contributed by atoms with Crippen molar-refractivity contribution in [1.29, 1.82) is 0 Å². The summed E-state index contributed by atoms with van der Waals surface area (Å²) in [6.45, 7) is 6.39. The van der Waals surface area contributed by atoms with E-state index < -0.39 is 23.3 Å². The molecule has 1 amide bonds. The molecule has 122 valence electrons. The first-order valence-corrected chi connectivity index (χ1v) is 7.03. The average molecular weight is 330 g/mol. The largest absolute Gasteiger partial charge is 0.479 e. The lowest BCUT2D eigenvalue weighted by Gasteiger charge is -2.21. The second kappa shape index (κ2) is 6.54. The molecule has 0 heterocycles. The zero-order chi connectivity index (χ0) is 17.1. The second-order valence-corrected chi connectivity index (χ2v) is 6.60. The van der Waals surface area contributed by atoms with Gasteiger partial charge in [-0.15, -0.1) is 0 Å². The number of nitrogens with one attached hydrogen (secondary N) is 1. The summed E-state index contributed by atoms with van der Waals surface area (Å²) in [6.07, 6.45) is -0.792. The van der Waals surface area contributed by atoms with Gasteiger partial charge in [0.05, 0.1) is 10.7 Å². The Bertz CT molecular complexity index is 578. The van der Waals surface area contributed by atoms with Crippen LogP contribution in [0.5, 0.6) is 0 Å². The van der Waals surface area contributed by atoms with Gasteiger partial charge >= 0.3 is 12.1 Å². The molecule has 0 bridgehead atoms. The standard InChI is InChI=1S/C15H20ClNO5/c1-14(2,3)22-13(20)17-11-7-9(5-6-10(11)16)8-15(4,21)12(18)19/h5-7,21H,8H2,1-4H3,(H,17,20)(H,18,19). The maximum absolute atomic E-state index is 11.7. The normalized spacial score (nSPS) is 14.1. The van der Waals surface area contributed by atoms with Gasteiger partial charge < -0.3 is 14.9 Å². The van der Waals surface area contributed by atoms with E-state index in [0.717, 1.165) is 0 Å². The third kappa shape index (κ3) is 5.54. The number of anilines is 1. The molecule has 1 aromatic rings. The highest BCUT2D eigenvalue weighted by atomic mass is 35.5. The van der Waals surface area contributed by atoms with Gasteiger partial charge in [-0.05, 0) is 45.4 Å². The van der Waals surface area contributed by atoms with Gasteiger partial charge in [-0.3, -0.25) is 5.32 Å². The van der Waals surface area contributed by atoms with Crippen molar-refractivity contribution in [2.24, 2.45) is 0 Å². The van der Waals surface area contributed by atoms with Crippen molar-refractivity contribution in [3.63, 3.8) is 0 Å². The zero-order valence-electron chi connectivity index (χ0n) is 12.9. The molecule has 0 aliphatic rings. The van der Waals surface area contributed by atoms with Crippen LogP contribution in [-0.4, -0.2) is 33.5 Å². The van der Waals surface area contributed by atoms with E-state index in [-0.39, 0.29) is 17.1 Å². The quantitative estimate of drug-likeness (QED) is 0.789. The molecule has 0 aliphatic carbocycles. The summed E-state index contributed by atoms with van der Waals surface area (Å²) in [7, 11) is 0. The Labute approximate surface area is 134 Å². The van der Waals surface area contributed by atoms with E-state index in [1.165, 1.54) is 19.1 Å². The lowest BCUT2D eigenvalue weighted by atomic mass is 9.96. The summed E-state index contributed by atoms with van der Waals surface area (Å²) in [5.74, 6) is -1.33. The number of carboxylic acids is 1. The molecule has 0 spiro atoms. The molecule has 0 saturated heterocycles. The number of carbonyl (C=O) groups excluding carboxylic acids is 1. The summed E-state index contributed by atoms with van der Waals surface area (Å²) in [4.78, 5) is 22.7. The summed E-state index contributed by atoms with van der Waals surface area (Å²) < 4.78 is 5.12. The zero-order valence-corrected chi connectivity index (χ0v) is 13.7. The Morgan fingerprint density at radius 1 is 1.27 bits per heavy atom. The number of ether oxygens (including phenoxy) is 1. The molecule has 3 N–H and O–H groups in total. The van der Waals surface area contributed by atoms with E-state index in [9.17, 15) is 14.7 Å². The van der Waals surface area contributed by atoms with Crippen LogP contribution in [0.1, 0.15) is 33.3 Å². The monoisotopic (exact) mass is 329 g/mol. The van der Waals surface area contributed by atoms with Gasteiger partial charge in [-0.1, -0.05) is 17.7 Å². The molecule has 0 fully saturated rings. The summed E-state index contributed by atoms with van der Waals surface area (Å²) in [6, 6.07) is 4.60. The number of rotatable bonds is 4. The minimum atomic E-state index is -1.91. The number of carboxylic acid groups (broad SMARTS) is 1. The maximum atomic E-state index is 11.7. The van der Waals surface area contributed by atoms with Gasteiger partial charge in [-0.2, -0.15) is 0 Å². The van der Waals surface area contributed by atoms with Crippen LogP contribution in [0.2, 0.25) is 5.02 Å². The van der Waals surface area contributed by atoms with Crippen molar-refractivity contribution in [3.8, 4) is 0 Å². The molecule has 0 aliphatic heterocycles. The Morgan fingerprint density at radius 2 is 1.86 bits per heavy atom. The number of aliphatic carboxylic acids is 1.